The maximum Gasteiger partial charge on any atom is 0.265 e. The van der Waals surface area contributed by atoms with Gasteiger partial charge in [0.25, 0.3) is 11.8 Å². The number of anilines is 1. The Morgan fingerprint density at radius 1 is 1.35 bits per heavy atom. The number of benzene rings is 2. The number of thiocarbonyl (C=S) groups is 1. The minimum absolute atomic E-state index is 0.154. The number of nitrogens with zero attached hydrogens (tertiary/aromatic N) is 1. The minimum atomic E-state index is -0.343. The van der Waals surface area contributed by atoms with Crippen molar-refractivity contribution in [3.63, 3.8) is 0 Å². The fourth-order valence-corrected chi connectivity index (χ4v) is 4.60. The molecule has 1 aliphatic heterocycles. The highest BCUT2D eigenvalue weighted by Gasteiger charge is 2.28. The Balaban J connectivity index is 1.73. The number of amides is 2. The van der Waals surface area contributed by atoms with Crippen LogP contribution in [0.1, 0.15) is 11.1 Å². The second-order valence-corrected chi connectivity index (χ2v) is 9.51. The number of carbonyl (C=O) groups is 2. The molecule has 2 aromatic carbocycles. The average Bonchev–Trinajstić information content (AvgIpc) is 2.96. The molecule has 0 aliphatic carbocycles. The van der Waals surface area contributed by atoms with Gasteiger partial charge in [0.05, 0.1) is 16.5 Å². The van der Waals surface area contributed by atoms with Gasteiger partial charge in [-0.25, -0.2) is 0 Å². The monoisotopic (exact) mass is 540 g/mol. The SMILES string of the molecule is COc1cc(/C=C2\SC(=S)N(C)C2=O)cc(Br)c1OCC(=O)Nc1ccc(C)c(Cl)c1. The van der Waals surface area contributed by atoms with Crippen LogP contribution in [0.15, 0.2) is 39.7 Å². The first-order chi connectivity index (χ1) is 14.7. The predicted octanol–water partition coefficient (Wildman–Crippen LogP) is 5.27. The van der Waals surface area contributed by atoms with Crippen molar-refractivity contribution in [2.45, 2.75) is 6.92 Å². The minimum Gasteiger partial charge on any atom is -0.493 e. The zero-order valence-corrected chi connectivity index (χ0v) is 20.8. The highest BCUT2D eigenvalue weighted by molar-refractivity contribution is 9.10. The van der Waals surface area contributed by atoms with Gasteiger partial charge in [-0.1, -0.05) is 41.6 Å². The standard InChI is InChI=1S/C21H18BrClN2O4S2/c1-11-4-5-13(9-15(11)23)24-18(26)10-29-19-14(22)6-12(7-16(19)28-3)8-17-20(27)25(2)21(30)31-17/h4-9H,10H2,1-3H3,(H,24,26)/b17-8-. The molecule has 3 rings (SSSR count). The third-order valence-electron chi connectivity index (χ3n) is 4.34. The Kier molecular flexibility index (Phi) is 7.64. The molecule has 0 saturated carbocycles. The number of likely N-dealkylation sites (N-methyl/N-ethyl adjacent to an activating group) is 1. The number of halogens is 2. The highest BCUT2D eigenvalue weighted by Crippen LogP contribution is 2.39. The van der Waals surface area contributed by atoms with Gasteiger partial charge < -0.3 is 14.8 Å². The van der Waals surface area contributed by atoms with Gasteiger partial charge in [-0.2, -0.15) is 0 Å². The van der Waals surface area contributed by atoms with Gasteiger partial charge in [0, 0.05) is 17.8 Å². The molecule has 2 aromatic rings. The zero-order valence-electron chi connectivity index (χ0n) is 16.8. The van der Waals surface area contributed by atoms with Crippen LogP contribution >= 0.6 is 51.5 Å². The summed E-state index contributed by atoms with van der Waals surface area (Å²) in [5.74, 6) is 0.293. The molecule has 1 N–H and O–H groups in total. The fraction of sp³-hybridized carbons (Fsp3) is 0.190. The van der Waals surface area contributed by atoms with Crippen molar-refractivity contribution in [3.05, 3.63) is 55.9 Å². The first kappa shape index (κ1) is 23.6. The number of thioether (sulfide) groups is 1. The number of hydrogen-bond donors (Lipinski definition) is 1. The molecule has 1 saturated heterocycles. The maximum atomic E-state index is 12.3. The number of rotatable bonds is 6. The Morgan fingerprint density at radius 2 is 2.10 bits per heavy atom. The predicted molar refractivity (Wildman–Crippen MR) is 132 cm³/mol. The van der Waals surface area contributed by atoms with Crippen molar-refractivity contribution in [1.29, 1.82) is 0 Å². The Bertz CT molecular complexity index is 1110. The van der Waals surface area contributed by atoms with Crippen molar-refractivity contribution < 1.29 is 19.1 Å². The lowest BCUT2D eigenvalue weighted by molar-refractivity contribution is -0.121. The van der Waals surface area contributed by atoms with E-state index in [4.69, 9.17) is 33.3 Å². The van der Waals surface area contributed by atoms with Crippen LogP contribution < -0.4 is 14.8 Å². The van der Waals surface area contributed by atoms with Crippen LogP contribution in [0.4, 0.5) is 5.69 Å². The van der Waals surface area contributed by atoms with Crippen LogP contribution in [-0.2, 0) is 9.59 Å². The van der Waals surface area contributed by atoms with E-state index >= 15 is 0 Å². The molecule has 0 bridgehead atoms. The van der Waals surface area contributed by atoms with E-state index < -0.39 is 0 Å². The third kappa shape index (κ3) is 5.60. The molecule has 1 heterocycles. The first-order valence-electron chi connectivity index (χ1n) is 8.97. The van der Waals surface area contributed by atoms with E-state index in [2.05, 4.69) is 21.2 Å². The summed E-state index contributed by atoms with van der Waals surface area (Å²) in [5.41, 5.74) is 2.23. The van der Waals surface area contributed by atoms with Gasteiger partial charge in [0.15, 0.2) is 18.1 Å². The average molecular weight is 542 g/mol. The van der Waals surface area contributed by atoms with Crippen LogP contribution in [0.25, 0.3) is 6.08 Å². The lowest BCUT2D eigenvalue weighted by Gasteiger charge is -2.14. The third-order valence-corrected chi connectivity index (χ3v) is 6.82. The van der Waals surface area contributed by atoms with Gasteiger partial charge in [0.1, 0.15) is 4.32 Å². The Hall–Kier alpha value is -2.07. The van der Waals surface area contributed by atoms with E-state index in [9.17, 15) is 9.59 Å². The Labute approximate surface area is 203 Å². The fourth-order valence-electron chi connectivity index (χ4n) is 2.67. The van der Waals surface area contributed by atoms with E-state index in [0.29, 0.717) is 35.9 Å². The summed E-state index contributed by atoms with van der Waals surface area (Å²) in [6.45, 7) is 1.66. The summed E-state index contributed by atoms with van der Waals surface area (Å²) in [7, 11) is 3.14. The molecule has 0 spiro atoms. The zero-order chi connectivity index (χ0) is 22.7. The summed E-state index contributed by atoms with van der Waals surface area (Å²) < 4.78 is 12.2. The highest BCUT2D eigenvalue weighted by atomic mass is 79.9. The lowest BCUT2D eigenvalue weighted by Crippen LogP contribution is -2.22. The summed E-state index contributed by atoms with van der Waals surface area (Å²) in [5, 5.41) is 3.31. The Morgan fingerprint density at radius 3 is 2.71 bits per heavy atom. The molecule has 6 nitrogen and oxygen atoms in total. The summed E-state index contributed by atoms with van der Waals surface area (Å²) in [6.07, 6.45) is 1.73. The lowest BCUT2D eigenvalue weighted by atomic mass is 10.2. The van der Waals surface area contributed by atoms with Crippen molar-refractivity contribution >= 4 is 79.4 Å². The van der Waals surface area contributed by atoms with Crippen LogP contribution in [0.2, 0.25) is 5.02 Å². The molecular formula is C21H18BrClN2O4S2. The smallest absolute Gasteiger partial charge is 0.265 e. The molecule has 10 heteroatoms. The van der Waals surface area contributed by atoms with E-state index in [1.54, 1.807) is 37.4 Å². The topological polar surface area (TPSA) is 67.9 Å². The van der Waals surface area contributed by atoms with Crippen LogP contribution in [-0.4, -0.2) is 41.8 Å². The maximum absolute atomic E-state index is 12.3. The van der Waals surface area contributed by atoms with Gasteiger partial charge in [-0.05, 0) is 64.3 Å². The summed E-state index contributed by atoms with van der Waals surface area (Å²) in [4.78, 5) is 26.5. The molecule has 2 amide bonds. The van der Waals surface area contributed by atoms with Crippen molar-refractivity contribution in [2.75, 3.05) is 26.1 Å². The number of aryl methyl sites for hydroxylation is 1. The quantitative estimate of drug-likeness (QED) is 0.397. The molecule has 162 valence electrons. The number of carbonyl (C=O) groups excluding carboxylic acids is 2. The summed E-state index contributed by atoms with van der Waals surface area (Å²) in [6, 6.07) is 8.77. The largest absolute Gasteiger partial charge is 0.493 e. The molecule has 1 fully saturated rings. The molecule has 0 radical (unpaired) electrons. The van der Waals surface area contributed by atoms with Gasteiger partial charge in [-0.3, -0.25) is 14.5 Å². The van der Waals surface area contributed by atoms with Crippen LogP contribution in [0, 0.1) is 6.92 Å². The molecule has 0 unspecified atom stereocenters. The van der Waals surface area contributed by atoms with Crippen LogP contribution in [0.5, 0.6) is 11.5 Å². The van der Waals surface area contributed by atoms with Crippen molar-refractivity contribution in [2.24, 2.45) is 0 Å². The van der Waals surface area contributed by atoms with Gasteiger partial charge >= 0.3 is 0 Å². The van der Waals surface area contributed by atoms with E-state index in [1.807, 2.05) is 13.0 Å². The van der Waals surface area contributed by atoms with Gasteiger partial charge in [0.2, 0.25) is 0 Å². The second-order valence-electron chi connectivity index (χ2n) is 6.58. The van der Waals surface area contributed by atoms with Gasteiger partial charge in [-0.15, -0.1) is 0 Å². The van der Waals surface area contributed by atoms with Crippen molar-refractivity contribution in [1.82, 2.24) is 4.90 Å². The number of nitrogens with one attached hydrogen (secondary N) is 1. The normalized spacial score (nSPS) is 14.9. The van der Waals surface area contributed by atoms with Crippen molar-refractivity contribution in [3.8, 4) is 11.5 Å². The number of hydrogen-bond acceptors (Lipinski definition) is 6. The van der Waals surface area contributed by atoms with E-state index in [0.717, 1.165) is 11.1 Å². The summed E-state index contributed by atoms with van der Waals surface area (Å²) >= 11 is 15.9. The van der Waals surface area contributed by atoms with E-state index in [-0.39, 0.29) is 18.4 Å². The molecule has 1 aliphatic rings. The van der Waals surface area contributed by atoms with Crippen LogP contribution in [0.3, 0.4) is 0 Å². The number of methoxy groups -OCH3 is 1. The molecule has 0 atom stereocenters. The molecule has 31 heavy (non-hydrogen) atoms. The first-order valence-corrected chi connectivity index (χ1v) is 11.4. The molecular weight excluding hydrogens is 524 g/mol. The molecule has 0 aromatic heterocycles. The number of ether oxygens (including phenoxy) is 2. The second kappa shape index (κ2) is 10.0. The van der Waals surface area contributed by atoms with E-state index in [1.165, 1.54) is 23.8 Å².